The van der Waals surface area contributed by atoms with Gasteiger partial charge in [0.25, 0.3) is 0 Å². The molecule has 0 bridgehead atoms. The number of para-hydroxylation sites is 1. The quantitative estimate of drug-likeness (QED) is 0.401. The van der Waals surface area contributed by atoms with Gasteiger partial charge in [-0.05, 0) is 47.3 Å². The van der Waals surface area contributed by atoms with Gasteiger partial charge in [-0.15, -0.1) is 11.3 Å². The minimum Gasteiger partial charge on any atom is -0.361 e. The second-order valence-electron chi connectivity index (χ2n) is 6.92. The Kier molecular flexibility index (Phi) is 5.72. The van der Waals surface area contributed by atoms with E-state index in [0.717, 1.165) is 21.3 Å². The number of sulfonamides is 1. The lowest BCUT2D eigenvalue weighted by atomic mass is 9.97. The topological polar surface area (TPSA) is 91.1 Å². The number of amides is 1. The summed E-state index contributed by atoms with van der Waals surface area (Å²) in [6.45, 7) is 1.64. The molecular weight excluding hydrogens is 418 g/mol. The van der Waals surface area contributed by atoms with Crippen LogP contribution in [0.3, 0.4) is 0 Å². The van der Waals surface area contributed by atoms with Crippen molar-refractivity contribution in [3.63, 3.8) is 0 Å². The first-order valence-corrected chi connectivity index (χ1v) is 11.8. The molecule has 154 valence electrons. The van der Waals surface area contributed by atoms with Crippen LogP contribution in [-0.4, -0.2) is 25.9 Å². The molecule has 0 aliphatic carbocycles. The van der Waals surface area contributed by atoms with E-state index >= 15 is 0 Å². The summed E-state index contributed by atoms with van der Waals surface area (Å²) >= 11 is 1.60. The van der Waals surface area contributed by atoms with Crippen molar-refractivity contribution in [3.05, 3.63) is 82.7 Å². The molecule has 4 rings (SSSR count). The summed E-state index contributed by atoms with van der Waals surface area (Å²) in [5.41, 5.74) is 2.62. The Morgan fingerprint density at radius 1 is 1.07 bits per heavy atom. The highest BCUT2D eigenvalue weighted by atomic mass is 32.2. The number of carbonyl (C=O) groups is 1. The van der Waals surface area contributed by atoms with Gasteiger partial charge in [-0.2, -0.15) is 0 Å². The summed E-state index contributed by atoms with van der Waals surface area (Å²) in [6.07, 6.45) is 1.95. The molecule has 1 atom stereocenters. The van der Waals surface area contributed by atoms with Gasteiger partial charge in [-0.25, -0.2) is 13.1 Å². The largest absolute Gasteiger partial charge is 0.361 e. The number of H-pyrrole nitrogens is 1. The molecule has 2 heterocycles. The third kappa shape index (κ3) is 4.30. The van der Waals surface area contributed by atoms with Crippen molar-refractivity contribution in [3.8, 4) is 0 Å². The number of thiophene rings is 1. The minimum absolute atomic E-state index is 0.116. The average molecular weight is 440 g/mol. The number of rotatable bonds is 7. The first-order chi connectivity index (χ1) is 14.4. The third-order valence-electron chi connectivity index (χ3n) is 4.85. The van der Waals surface area contributed by atoms with E-state index in [9.17, 15) is 13.2 Å². The Bertz CT molecular complexity index is 1260. The number of carbonyl (C=O) groups excluding carboxylic acids is 1. The highest BCUT2D eigenvalue weighted by molar-refractivity contribution is 7.89. The van der Waals surface area contributed by atoms with Crippen LogP contribution in [0.4, 0.5) is 5.69 Å². The molecule has 3 N–H and O–H groups in total. The van der Waals surface area contributed by atoms with Crippen LogP contribution in [0, 0.1) is 0 Å². The fraction of sp³-hybridized carbons (Fsp3) is 0.136. The summed E-state index contributed by atoms with van der Waals surface area (Å²) in [4.78, 5) is 15.7. The first-order valence-electron chi connectivity index (χ1n) is 9.41. The molecule has 0 aliphatic rings. The van der Waals surface area contributed by atoms with E-state index in [-0.39, 0.29) is 23.3 Å². The zero-order valence-electron chi connectivity index (χ0n) is 16.3. The van der Waals surface area contributed by atoms with Gasteiger partial charge in [0.2, 0.25) is 15.9 Å². The first kappa shape index (κ1) is 20.3. The molecule has 30 heavy (non-hydrogen) atoms. The molecule has 0 unspecified atom stereocenters. The molecule has 0 fully saturated rings. The van der Waals surface area contributed by atoms with Crippen molar-refractivity contribution < 1.29 is 13.2 Å². The SMILES string of the molecule is CC(=O)Nc1ccc(S(=O)(=O)NC[C@H](c2cccs2)c2c[nH]c3ccccc23)cc1. The molecule has 0 aliphatic heterocycles. The van der Waals surface area contributed by atoms with Gasteiger partial charge in [0.05, 0.1) is 4.90 Å². The van der Waals surface area contributed by atoms with Crippen molar-refractivity contribution in [2.75, 3.05) is 11.9 Å². The van der Waals surface area contributed by atoms with E-state index in [1.54, 1.807) is 23.5 Å². The Labute approximate surface area is 179 Å². The second-order valence-corrected chi connectivity index (χ2v) is 9.66. The molecule has 8 heteroatoms. The average Bonchev–Trinajstić information content (AvgIpc) is 3.39. The third-order valence-corrected chi connectivity index (χ3v) is 7.27. The smallest absolute Gasteiger partial charge is 0.240 e. The molecule has 0 saturated carbocycles. The summed E-state index contributed by atoms with van der Waals surface area (Å²) in [7, 11) is -3.70. The van der Waals surface area contributed by atoms with Gasteiger partial charge < -0.3 is 10.3 Å². The molecule has 2 aromatic carbocycles. The Morgan fingerprint density at radius 2 is 1.83 bits per heavy atom. The van der Waals surface area contributed by atoms with E-state index in [1.165, 1.54) is 19.1 Å². The van der Waals surface area contributed by atoms with Crippen LogP contribution in [0.15, 0.2) is 77.1 Å². The Balaban J connectivity index is 1.59. The molecule has 2 aromatic heterocycles. The van der Waals surface area contributed by atoms with Gasteiger partial charge in [0.1, 0.15) is 0 Å². The fourth-order valence-electron chi connectivity index (χ4n) is 3.43. The summed E-state index contributed by atoms with van der Waals surface area (Å²) in [5.74, 6) is -0.323. The molecule has 4 aromatic rings. The number of fused-ring (bicyclic) bond motifs is 1. The number of aromatic nitrogens is 1. The van der Waals surface area contributed by atoms with Crippen LogP contribution in [0.2, 0.25) is 0 Å². The summed E-state index contributed by atoms with van der Waals surface area (Å²) in [5, 5.41) is 5.70. The van der Waals surface area contributed by atoms with E-state index in [0.29, 0.717) is 5.69 Å². The normalized spacial score (nSPS) is 12.7. The van der Waals surface area contributed by atoms with Gasteiger partial charge in [0.15, 0.2) is 0 Å². The predicted octanol–water partition coefficient (Wildman–Crippen LogP) is 4.30. The van der Waals surface area contributed by atoms with Crippen molar-refractivity contribution in [1.82, 2.24) is 9.71 Å². The molecule has 0 spiro atoms. The molecule has 0 radical (unpaired) electrons. The highest BCUT2D eigenvalue weighted by Gasteiger charge is 2.22. The second kappa shape index (κ2) is 8.43. The van der Waals surface area contributed by atoms with Gasteiger partial charge >= 0.3 is 0 Å². The maximum Gasteiger partial charge on any atom is 0.240 e. The van der Waals surface area contributed by atoms with Gasteiger partial charge in [0, 0.05) is 47.1 Å². The summed E-state index contributed by atoms with van der Waals surface area (Å²) in [6, 6.07) is 18.1. The van der Waals surface area contributed by atoms with Crippen LogP contribution >= 0.6 is 11.3 Å². The van der Waals surface area contributed by atoms with Crippen molar-refractivity contribution >= 4 is 43.9 Å². The van der Waals surface area contributed by atoms with Crippen molar-refractivity contribution in [2.45, 2.75) is 17.7 Å². The van der Waals surface area contributed by atoms with Crippen LogP contribution in [0.1, 0.15) is 23.3 Å². The van der Waals surface area contributed by atoms with Crippen LogP contribution in [-0.2, 0) is 14.8 Å². The van der Waals surface area contributed by atoms with Crippen LogP contribution in [0.25, 0.3) is 10.9 Å². The Hall–Kier alpha value is -2.94. The predicted molar refractivity (Wildman–Crippen MR) is 120 cm³/mol. The van der Waals surface area contributed by atoms with Crippen molar-refractivity contribution in [1.29, 1.82) is 0 Å². The molecule has 1 amide bonds. The number of hydrogen-bond acceptors (Lipinski definition) is 4. The number of nitrogens with one attached hydrogen (secondary N) is 3. The van der Waals surface area contributed by atoms with Gasteiger partial charge in [-0.3, -0.25) is 4.79 Å². The van der Waals surface area contributed by atoms with E-state index in [4.69, 9.17) is 0 Å². The highest BCUT2D eigenvalue weighted by Crippen LogP contribution is 2.33. The Morgan fingerprint density at radius 3 is 2.53 bits per heavy atom. The molecule has 0 saturated heterocycles. The van der Waals surface area contributed by atoms with Crippen molar-refractivity contribution in [2.24, 2.45) is 0 Å². The standard InChI is InChI=1S/C22H21N3O3S2/c1-15(26)25-16-8-10-17(11-9-16)30(27,28)24-14-20(22-7-4-12-29-22)19-13-23-21-6-3-2-5-18(19)21/h2-13,20,23-24H,14H2,1H3,(H,25,26)/t20-/m0/s1. The number of benzene rings is 2. The lowest BCUT2D eigenvalue weighted by Crippen LogP contribution is -2.28. The maximum atomic E-state index is 12.9. The number of anilines is 1. The van der Waals surface area contributed by atoms with E-state index in [2.05, 4.69) is 15.0 Å². The fourth-order valence-corrected chi connectivity index (χ4v) is 5.33. The lowest BCUT2D eigenvalue weighted by molar-refractivity contribution is -0.114. The zero-order chi connectivity index (χ0) is 21.1. The molecular formula is C22H21N3O3S2. The van der Waals surface area contributed by atoms with E-state index in [1.807, 2.05) is 48.0 Å². The molecule has 6 nitrogen and oxygen atoms in total. The van der Waals surface area contributed by atoms with E-state index < -0.39 is 10.0 Å². The minimum atomic E-state index is -3.70. The van der Waals surface area contributed by atoms with Crippen LogP contribution in [0.5, 0.6) is 0 Å². The summed E-state index contributed by atoms with van der Waals surface area (Å²) < 4.78 is 28.5. The zero-order valence-corrected chi connectivity index (χ0v) is 17.9. The number of hydrogen-bond donors (Lipinski definition) is 3. The number of aromatic amines is 1. The lowest BCUT2D eigenvalue weighted by Gasteiger charge is -2.16. The monoisotopic (exact) mass is 439 g/mol. The van der Waals surface area contributed by atoms with Crippen LogP contribution < -0.4 is 10.0 Å². The maximum absolute atomic E-state index is 12.9. The van der Waals surface area contributed by atoms with Gasteiger partial charge in [-0.1, -0.05) is 24.3 Å².